The smallest absolute Gasteiger partial charge is 0.270 e. The number of benzene rings is 1. The number of nitrogens with one attached hydrogen (secondary N) is 1. The maximum absolute atomic E-state index is 12.5. The number of nitrogens with zero attached hydrogens (tertiary/aromatic N) is 2. The second-order valence-corrected chi connectivity index (χ2v) is 5.31. The molecule has 5 heteroatoms. The SMILES string of the molecule is COc1cccn2c(C(=O)NCCc3ccccc3)c(C)nc12. The van der Waals surface area contributed by atoms with Gasteiger partial charge in [0.15, 0.2) is 11.4 Å². The van der Waals surface area contributed by atoms with E-state index in [1.165, 1.54) is 5.56 Å². The fourth-order valence-corrected chi connectivity index (χ4v) is 2.64. The molecule has 3 rings (SSSR count). The van der Waals surface area contributed by atoms with Crippen LogP contribution in [0.15, 0.2) is 48.7 Å². The number of carbonyl (C=O) groups excluding carboxylic acids is 1. The first-order valence-electron chi connectivity index (χ1n) is 7.54. The molecular weight excluding hydrogens is 290 g/mol. The van der Waals surface area contributed by atoms with Crippen LogP contribution in [0.1, 0.15) is 21.7 Å². The van der Waals surface area contributed by atoms with E-state index in [0.717, 1.165) is 6.42 Å². The Bertz CT molecular complexity index is 825. The van der Waals surface area contributed by atoms with Crippen molar-refractivity contribution in [3.63, 3.8) is 0 Å². The molecule has 2 heterocycles. The number of ether oxygens (including phenoxy) is 1. The Kier molecular flexibility index (Phi) is 4.28. The minimum absolute atomic E-state index is 0.126. The molecule has 118 valence electrons. The molecule has 1 N–H and O–H groups in total. The first-order chi connectivity index (χ1) is 11.2. The highest BCUT2D eigenvalue weighted by Gasteiger charge is 2.18. The van der Waals surface area contributed by atoms with E-state index in [0.29, 0.717) is 29.3 Å². The largest absolute Gasteiger partial charge is 0.493 e. The van der Waals surface area contributed by atoms with E-state index >= 15 is 0 Å². The molecule has 0 saturated heterocycles. The summed E-state index contributed by atoms with van der Waals surface area (Å²) in [5.74, 6) is 0.526. The Morgan fingerprint density at radius 1 is 1.22 bits per heavy atom. The third-order valence-corrected chi connectivity index (χ3v) is 3.77. The summed E-state index contributed by atoms with van der Waals surface area (Å²) in [7, 11) is 1.60. The lowest BCUT2D eigenvalue weighted by Gasteiger charge is -2.07. The molecule has 0 bridgehead atoms. The maximum Gasteiger partial charge on any atom is 0.270 e. The van der Waals surface area contributed by atoms with Crippen LogP contribution in [0.2, 0.25) is 0 Å². The number of aryl methyl sites for hydroxylation is 1. The first kappa shape index (κ1) is 15.1. The van der Waals surface area contributed by atoms with Crippen LogP contribution in [0.3, 0.4) is 0 Å². The van der Waals surface area contributed by atoms with Crippen molar-refractivity contribution in [3.05, 3.63) is 65.6 Å². The van der Waals surface area contributed by atoms with Gasteiger partial charge in [-0.05, 0) is 31.0 Å². The van der Waals surface area contributed by atoms with Crippen molar-refractivity contribution in [1.82, 2.24) is 14.7 Å². The molecule has 0 atom stereocenters. The number of imidazole rings is 1. The summed E-state index contributed by atoms with van der Waals surface area (Å²) in [6, 6.07) is 13.8. The van der Waals surface area contributed by atoms with Gasteiger partial charge in [-0.1, -0.05) is 30.3 Å². The molecule has 3 aromatic rings. The number of aromatic nitrogens is 2. The lowest BCUT2D eigenvalue weighted by atomic mass is 10.1. The van der Waals surface area contributed by atoms with Crippen LogP contribution in [0.25, 0.3) is 5.65 Å². The standard InChI is InChI=1S/C18H19N3O2/c1-13-16(21-12-6-9-15(23-2)17(21)20-13)18(22)19-11-10-14-7-4-3-5-8-14/h3-9,12H,10-11H2,1-2H3,(H,19,22). The van der Waals surface area contributed by atoms with E-state index in [-0.39, 0.29) is 5.91 Å². The Morgan fingerprint density at radius 3 is 2.74 bits per heavy atom. The van der Waals surface area contributed by atoms with E-state index in [1.807, 2.05) is 43.5 Å². The van der Waals surface area contributed by atoms with Gasteiger partial charge in [0.1, 0.15) is 5.69 Å². The summed E-state index contributed by atoms with van der Waals surface area (Å²) < 4.78 is 7.07. The van der Waals surface area contributed by atoms with Gasteiger partial charge in [-0.15, -0.1) is 0 Å². The van der Waals surface area contributed by atoms with E-state index in [9.17, 15) is 4.79 Å². The highest BCUT2D eigenvalue weighted by atomic mass is 16.5. The number of pyridine rings is 1. The van der Waals surface area contributed by atoms with Crippen LogP contribution < -0.4 is 10.1 Å². The second-order valence-electron chi connectivity index (χ2n) is 5.31. The van der Waals surface area contributed by atoms with E-state index in [1.54, 1.807) is 11.5 Å². The number of rotatable bonds is 5. The topological polar surface area (TPSA) is 55.6 Å². The summed E-state index contributed by atoms with van der Waals surface area (Å²) >= 11 is 0. The fourth-order valence-electron chi connectivity index (χ4n) is 2.64. The average molecular weight is 309 g/mol. The molecule has 0 aliphatic heterocycles. The van der Waals surface area contributed by atoms with E-state index in [4.69, 9.17) is 4.74 Å². The number of hydrogen-bond acceptors (Lipinski definition) is 3. The molecule has 0 aliphatic carbocycles. The third kappa shape index (κ3) is 3.04. The predicted molar refractivity (Wildman–Crippen MR) is 89.0 cm³/mol. The minimum atomic E-state index is -0.126. The molecule has 0 saturated carbocycles. The molecule has 1 amide bonds. The predicted octanol–water partition coefficient (Wildman–Crippen LogP) is 2.62. The number of amides is 1. The molecule has 0 aliphatic rings. The van der Waals surface area contributed by atoms with Gasteiger partial charge in [0, 0.05) is 12.7 Å². The summed E-state index contributed by atoms with van der Waals surface area (Å²) in [5.41, 5.74) is 3.09. The van der Waals surface area contributed by atoms with E-state index in [2.05, 4.69) is 22.4 Å². The normalized spacial score (nSPS) is 10.7. The maximum atomic E-state index is 12.5. The van der Waals surface area contributed by atoms with Gasteiger partial charge < -0.3 is 10.1 Å². The van der Waals surface area contributed by atoms with Crippen LogP contribution in [-0.4, -0.2) is 28.9 Å². The van der Waals surface area contributed by atoms with Crippen LogP contribution >= 0.6 is 0 Å². The highest BCUT2D eigenvalue weighted by molar-refractivity contribution is 5.95. The van der Waals surface area contributed by atoms with Gasteiger partial charge in [0.2, 0.25) is 0 Å². The number of methoxy groups -OCH3 is 1. The fraction of sp³-hybridized carbons (Fsp3) is 0.222. The average Bonchev–Trinajstić information content (AvgIpc) is 2.91. The van der Waals surface area contributed by atoms with Crippen molar-refractivity contribution in [2.45, 2.75) is 13.3 Å². The van der Waals surface area contributed by atoms with Gasteiger partial charge >= 0.3 is 0 Å². The molecule has 0 radical (unpaired) electrons. The van der Waals surface area contributed by atoms with Gasteiger partial charge in [-0.2, -0.15) is 0 Å². The molecule has 0 fully saturated rings. The Morgan fingerprint density at radius 2 is 2.00 bits per heavy atom. The first-order valence-corrected chi connectivity index (χ1v) is 7.54. The van der Waals surface area contributed by atoms with Crippen molar-refractivity contribution in [2.75, 3.05) is 13.7 Å². The van der Waals surface area contributed by atoms with Crippen LogP contribution in [-0.2, 0) is 6.42 Å². The van der Waals surface area contributed by atoms with Gasteiger partial charge in [0.25, 0.3) is 5.91 Å². The van der Waals surface area contributed by atoms with Crippen LogP contribution in [0.5, 0.6) is 5.75 Å². The summed E-state index contributed by atoms with van der Waals surface area (Å²) in [5, 5.41) is 2.96. The summed E-state index contributed by atoms with van der Waals surface area (Å²) in [4.78, 5) is 17.0. The third-order valence-electron chi connectivity index (χ3n) is 3.77. The summed E-state index contributed by atoms with van der Waals surface area (Å²) in [6.07, 6.45) is 2.62. The Balaban J connectivity index is 1.77. The van der Waals surface area contributed by atoms with Crippen molar-refractivity contribution >= 4 is 11.6 Å². The molecule has 0 unspecified atom stereocenters. The lowest BCUT2D eigenvalue weighted by molar-refractivity contribution is 0.0947. The number of carbonyl (C=O) groups is 1. The minimum Gasteiger partial charge on any atom is -0.493 e. The van der Waals surface area contributed by atoms with Crippen molar-refractivity contribution < 1.29 is 9.53 Å². The van der Waals surface area contributed by atoms with Crippen LogP contribution in [0, 0.1) is 6.92 Å². The van der Waals surface area contributed by atoms with Gasteiger partial charge in [-0.25, -0.2) is 4.98 Å². The molecule has 2 aromatic heterocycles. The summed E-state index contributed by atoms with van der Waals surface area (Å²) in [6.45, 7) is 2.41. The highest BCUT2D eigenvalue weighted by Crippen LogP contribution is 2.21. The molecule has 0 spiro atoms. The molecule has 5 nitrogen and oxygen atoms in total. The Hall–Kier alpha value is -2.82. The Labute approximate surface area is 134 Å². The van der Waals surface area contributed by atoms with Crippen molar-refractivity contribution in [2.24, 2.45) is 0 Å². The van der Waals surface area contributed by atoms with Crippen molar-refractivity contribution in [3.8, 4) is 5.75 Å². The molecule has 23 heavy (non-hydrogen) atoms. The van der Waals surface area contributed by atoms with Crippen LogP contribution in [0.4, 0.5) is 0 Å². The van der Waals surface area contributed by atoms with E-state index < -0.39 is 0 Å². The number of fused-ring (bicyclic) bond motifs is 1. The second kappa shape index (κ2) is 6.52. The zero-order valence-corrected chi connectivity index (χ0v) is 13.2. The molecule has 1 aromatic carbocycles. The monoisotopic (exact) mass is 309 g/mol. The zero-order chi connectivity index (χ0) is 16.2. The lowest BCUT2D eigenvalue weighted by Crippen LogP contribution is -2.27. The van der Waals surface area contributed by atoms with Gasteiger partial charge in [-0.3, -0.25) is 9.20 Å². The quantitative estimate of drug-likeness (QED) is 0.788. The number of hydrogen-bond donors (Lipinski definition) is 1. The van der Waals surface area contributed by atoms with Gasteiger partial charge in [0.05, 0.1) is 12.8 Å². The molecular formula is C18H19N3O2. The zero-order valence-electron chi connectivity index (χ0n) is 13.2. The van der Waals surface area contributed by atoms with Crippen molar-refractivity contribution in [1.29, 1.82) is 0 Å².